The molecule has 8 heterocycles. The Morgan fingerprint density at radius 2 is 0.732 bits per heavy atom. The van der Waals surface area contributed by atoms with Crippen molar-refractivity contribution < 1.29 is 94.9 Å². The Hall–Kier alpha value is -13.5. The number of pyridine rings is 5. The number of sulfone groups is 4. The van der Waals surface area contributed by atoms with Crippen LogP contribution in [0.15, 0.2) is 328 Å². The molecule has 18 rings (SSSR count). The van der Waals surface area contributed by atoms with Crippen LogP contribution >= 0.6 is 23.1 Å². The SMILES string of the molecule is C1CCNCC1.CCOC(=O)c1ccc(N)cc1.CCc1ccc(CS(=O)(=O)c2cccc3cccnc23)cc1.Cl.O=C(c1ccc(CS(=O)(=O)c2cccc3cccnc23)cc1)N1CCCCC1.O=C=O.O=COc1ccc(CS(=O)(=O)c2cccc3cccnc23)cc1.O=COc1ccc(CS(=O)(=O)c2cccc3cccnc23)cc1.O=S(=O)(Cl)c1cccc2cccnc12.OC1CCCO1. The number of aliphatic hydroxyl groups excluding tert-OH is 1. The fourth-order valence-corrected chi connectivity index (χ4v) is 21.5. The molecule has 0 bridgehead atoms. The van der Waals surface area contributed by atoms with Crippen molar-refractivity contribution >= 4 is 163 Å². The van der Waals surface area contributed by atoms with E-state index in [9.17, 15) is 61.3 Å². The normalized spacial score (nSPS) is 13.3. The van der Waals surface area contributed by atoms with Gasteiger partial charge in [0.1, 0.15) is 16.4 Å². The van der Waals surface area contributed by atoms with Crippen molar-refractivity contribution in [3.63, 3.8) is 0 Å². The van der Waals surface area contributed by atoms with Gasteiger partial charge >= 0.3 is 12.1 Å². The number of nitrogens with two attached hydrogens (primary N) is 1. The van der Waals surface area contributed by atoms with E-state index in [2.05, 4.69) is 37.2 Å². The number of likely N-dealkylation sites (tertiary alicyclic amines) is 1. The maximum absolute atomic E-state index is 13.0. The summed E-state index contributed by atoms with van der Waals surface area (Å²) >= 11 is 0. The zero-order chi connectivity index (χ0) is 98.2. The molecule has 36 heteroatoms. The number of aryl methyl sites for hydroxylation is 1. The van der Waals surface area contributed by atoms with Gasteiger partial charge in [0.25, 0.3) is 27.9 Å². The van der Waals surface area contributed by atoms with E-state index in [1.165, 1.54) is 56.6 Å². The Kier molecular flexibility index (Phi) is 42.2. The highest BCUT2D eigenvalue weighted by molar-refractivity contribution is 8.14. The Bertz CT molecular complexity index is 7010. The third kappa shape index (κ3) is 32.6. The molecule has 138 heavy (non-hydrogen) atoms. The van der Waals surface area contributed by atoms with Crippen LogP contribution in [0.2, 0.25) is 0 Å². The second-order valence-corrected chi connectivity index (χ2v) is 41.1. The first kappa shape index (κ1) is 108. The number of aromatic nitrogens is 5. The summed E-state index contributed by atoms with van der Waals surface area (Å²) in [6.07, 6.45) is 18.0. The minimum absolute atomic E-state index is 0. The number of piperidine rings is 2. The van der Waals surface area contributed by atoms with Crippen LogP contribution in [0.5, 0.6) is 11.5 Å². The number of carbonyl (C=O) groups excluding carboxylic acids is 6. The number of fused-ring (bicyclic) bond motifs is 5. The Morgan fingerprint density at radius 1 is 0.428 bits per heavy atom. The molecule has 3 aliphatic rings. The number of rotatable bonds is 21. The van der Waals surface area contributed by atoms with E-state index in [0.717, 1.165) is 84.3 Å². The standard InChI is InChI=1S/C22H22N2O3S.C18H17NO2S.2C17H13NO4S.C9H6ClNO2S.C9H11NO2.C5H11N.C4H8O2.CO2.ClH/c25-22(24-14-2-1-3-15-24)19-11-9-17(10-12-19)16-28(26,27)20-8-4-6-18-7-5-13-23-21(18)20;1-2-14-8-10-15(11-9-14)13-22(20,21)17-7-3-5-16-6-4-12-19-18(16)17;2*19-12-22-15-8-6-13(7-9-15)11-23(20,21)16-5-1-3-14-4-2-10-18-17(14)16;10-14(12,13)8-5-1-3-7-4-2-6-11-9(7)8;1-2-12-9(11)7-3-5-8(10)6-4-7;1-2-4-6-5-3-1;5-4-2-1-3-6-4;2-1-3;/h4-13H,1-3,14-16H2;3-12H,2,13H2,1H3;2*1-10,12H,11H2;1-6H;3-6H,2,10H2,1H3;6H,1-5H2;4-5H,1-3H2;;1H. The highest BCUT2D eigenvalue weighted by atomic mass is 35.7. The molecular formula is C102H102Cl2N8O21S5. The molecule has 3 saturated heterocycles. The third-order valence-electron chi connectivity index (χ3n) is 21.0. The van der Waals surface area contributed by atoms with Crippen LogP contribution in [0.4, 0.5) is 5.69 Å². The molecule has 0 spiro atoms. The van der Waals surface area contributed by atoms with Crippen molar-refractivity contribution in [3.8, 4) is 11.5 Å². The van der Waals surface area contributed by atoms with Gasteiger partial charge in [-0.25, -0.2) is 46.9 Å². The highest BCUT2D eigenvalue weighted by Crippen LogP contribution is 2.31. The number of nitrogen functional groups attached to an aromatic ring is 1. The lowest BCUT2D eigenvalue weighted by atomic mass is 10.1. The van der Waals surface area contributed by atoms with Gasteiger partial charge in [-0.2, -0.15) is 9.59 Å². The summed E-state index contributed by atoms with van der Waals surface area (Å²) in [7, 11) is -12.5. The van der Waals surface area contributed by atoms with Crippen LogP contribution in [-0.2, 0) is 106 Å². The minimum Gasteiger partial charge on any atom is -0.462 e. The van der Waals surface area contributed by atoms with Crippen molar-refractivity contribution in [3.05, 3.63) is 343 Å². The van der Waals surface area contributed by atoms with Crippen LogP contribution < -0.4 is 20.5 Å². The summed E-state index contributed by atoms with van der Waals surface area (Å²) in [6, 6.07) is 77.5. The van der Waals surface area contributed by atoms with E-state index in [1.807, 2.05) is 83.8 Å². The summed E-state index contributed by atoms with van der Waals surface area (Å²) in [4.78, 5) is 84.2. The predicted octanol–water partition coefficient (Wildman–Crippen LogP) is 17.4. The molecule has 720 valence electrons. The van der Waals surface area contributed by atoms with Gasteiger partial charge in [-0.1, -0.05) is 165 Å². The smallest absolute Gasteiger partial charge is 0.373 e. The summed E-state index contributed by atoms with van der Waals surface area (Å²) in [5.41, 5.74) is 13.5. The summed E-state index contributed by atoms with van der Waals surface area (Å²) in [5, 5.41) is 15.7. The molecule has 0 radical (unpaired) electrons. The lowest BCUT2D eigenvalue weighted by molar-refractivity contribution is -0.191. The Balaban J connectivity index is 0.000000182. The van der Waals surface area contributed by atoms with Crippen molar-refractivity contribution in [1.29, 1.82) is 0 Å². The number of anilines is 1. The van der Waals surface area contributed by atoms with E-state index in [0.29, 0.717) is 97.0 Å². The van der Waals surface area contributed by atoms with E-state index in [1.54, 1.807) is 220 Å². The van der Waals surface area contributed by atoms with Gasteiger partial charge in [-0.3, -0.25) is 39.3 Å². The molecule has 29 nitrogen and oxygen atoms in total. The van der Waals surface area contributed by atoms with Crippen molar-refractivity contribution in [2.24, 2.45) is 0 Å². The van der Waals surface area contributed by atoms with Crippen molar-refractivity contribution in [1.82, 2.24) is 35.1 Å². The zero-order valence-corrected chi connectivity index (χ0v) is 80.9. The molecule has 15 aromatic rings. The van der Waals surface area contributed by atoms with E-state index in [4.69, 9.17) is 50.1 Å². The van der Waals surface area contributed by atoms with Gasteiger partial charge in [0, 0.05) is 106 Å². The number of amides is 1. The molecule has 3 aliphatic heterocycles. The summed E-state index contributed by atoms with van der Waals surface area (Å²) in [6.45, 7) is 9.72. The number of halogens is 2. The average Bonchev–Trinajstić information content (AvgIpc) is 0.827. The molecule has 5 aromatic heterocycles. The molecule has 1 amide bonds. The largest absolute Gasteiger partial charge is 0.462 e. The minimum atomic E-state index is -3.72. The second kappa shape index (κ2) is 53.9. The molecular weight excluding hydrogens is 1900 g/mol. The van der Waals surface area contributed by atoms with Gasteiger partial charge in [0.15, 0.2) is 45.6 Å². The number of esters is 1. The van der Waals surface area contributed by atoms with Crippen LogP contribution in [0, 0.1) is 0 Å². The summed E-state index contributed by atoms with van der Waals surface area (Å²) in [5.74, 6) is 0.0209. The van der Waals surface area contributed by atoms with Gasteiger partial charge < -0.3 is 40.0 Å². The number of hydrogen-bond acceptors (Lipinski definition) is 28. The van der Waals surface area contributed by atoms with E-state index in [-0.39, 0.29) is 73.0 Å². The number of ether oxygens (including phenoxy) is 4. The van der Waals surface area contributed by atoms with Crippen molar-refractivity contribution in [2.75, 3.05) is 45.1 Å². The third-order valence-corrected chi connectivity index (χ3v) is 29.2. The van der Waals surface area contributed by atoms with Crippen LogP contribution in [-0.4, -0.2) is 154 Å². The fourth-order valence-electron chi connectivity index (χ4n) is 14.3. The van der Waals surface area contributed by atoms with Crippen LogP contribution in [0.3, 0.4) is 0 Å². The fraction of sp³-hybridized carbons (Fsp3) is 0.216. The monoisotopic (exact) mass is 2000 g/mol. The van der Waals surface area contributed by atoms with Gasteiger partial charge in [0.2, 0.25) is 0 Å². The number of carbonyl (C=O) groups is 4. The number of benzene rings is 10. The Morgan fingerprint density at radius 3 is 1.01 bits per heavy atom. The van der Waals surface area contributed by atoms with E-state index >= 15 is 0 Å². The molecule has 1 atom stereocenters. The van der Waals surface area contributed by atoms with Gasteiger partial charge in [-0.15, -0.1) is 12.4 Å². The van der Waals surface area contributed by atoms with Gasteiger partial charge in [0.05, 0.1) is 82.3 Å². The molecule has 10 aromatic carbocycles. The molecule has 0 aliphatic carbocycles. The summed E-state index contributed by atoms with van der Waals surface area (Å²) < 4.78 is 143. The van der Waals surface area contributed by atoms with Crippen LogP contribution in [0.25, 0.3) is 54.5 Å². The van der Waals surface area contributed by atoms with Gasteiger partial charge in [-0.05, 0) is 214 Å². The number of para-hydroxylation sites is 5. The van der Waals surface area contributed by atoms with Crippen molar-refractivity contribution in [2.45, 2.75) is 125 Å². The highest BCUT2D eigenvalue weighted by Gasteiger charge is 2.26. The number of nitrogens with one attached hydrogen (secondary N) is 1. The second-order valence-electron chi connectivity index (χ2n) is 30.8. The zero-order valence-electron chi connectivity index (χ0n) is 75.2. The van der Waals surface area contributed by atoms with Crippen LogP contribution in [0.1, 0.15) is 114 Å². The maximum atomic E-state index is 13.0. The molecule has 0 saturated carbocycles. The topological polar surface area (TPSA) is 436 Å². The Labute approximate surface area is 811 Å². The molecule has 1 unspecified atom stereocenters. The quantitative estimate of drug-likeness (QED) is 0.0260. The number of hydrogen-bond donors (Lipinski definition) is 3. The first-order chi connectivity index (χ1) is 66.0. The number of aliphatic hydroxyl groups is 1. The van der Waals surface area contributed by atoms with E-state index < -0.39 is 54.7 Å². The number of nitrogens with zero attached hydrogens (tertiary/aromatic N) is 6. The first-order valence-electron chi connectivity index (χ1n) is 43.4. The average molecular weight is 2010 g/mol. The molecule has 4 N–H and O–H groups in total. The predicted molar refractivity (Wildman–Crippen MR) is 531 cm³/mol. The lowest BCUT2D eigenvalue weighted by Gasteiger charge is -2.26. The molecule has 3 fully saturated rings. The first-order valence-corrected chi connectivity index (χ1v) is 52.3. The maximum Gasteiger partial charge on any atom is 0.373 e. The lowest BCUT2D eigenvalue weighted by Crippen LogP contribution is -2.35.